The SMILES string of the molecule is Clc1cccc(-c2ccc3nnn(Cc4ccc5ncccc5c4)c3n2)c1. The molecule has 0 radical (unpaired) electrons. The minimum absolute atomic E-state index is 0.591. The van der Waals surface area contributed by atoms with E-state index in [0.717, 1.165) is 38.9 Å². The van der Waals surface area contributed by atoms with Crippen LogP contribution in [-0.2, 0) is 6.54 Å². The summed E-state index contributed by atoms with van der Waals surface area (Å²) in [6.07, 6.45) is 1.80. The van der Waals surface area contributed by atoms with Crippen molar-refractivity contribution >= 4 is 33.7 Å². The van der Waals surface area contributed by atoms with Crippen molar-refractivity contribution in [3.05, 3.63) is 83.5 Å². The second kappa shape index (κ2) is 6.45. The number of fused-ring (bicyclic) bond motifs is 2. The molecule has 0 N–H and O–H groups in total. The molecule has 0 aliphatic heterocycles. The summed E-state index contributed by atoms with van der Waals surface area (Å²) in [5.41, 5.74) is 5.43. The lowest BCUT2D eigenvalue weighted by atomic mass is 10.1. The first-order valence-electron chi connectivity index (χ1n) is 8.56. The number of hydrogen-bond donors (Lipinski definition) is 0. The Morgan fingerprint density at radius 3 is 2.74 bits per heavy atom. The van der Waals surface area contributed by atoms with Gasteiger partial charge in [0.25, 0.3) is 0 Å². The quantitative estimate of drug-likeness (QED) is 0.459. The monoisotopic (exact) mass is 371 g/mol. The van der Waals surface area contributed by atoms with Crippen molar-refractivity contribution < 1.29 is 0 Å². The van der Waals surface area contributed by atoms with Crippen LogP contribution >= 0.6 is 11.6 Å². The van der Waals surface area contributed by atoms with Crippen molar-refractivity contribution in [1.82, 2.24) is 25.0 Å². The topological polar surface area (TPSA) is 56.5 Å². The fourth-order valence-corrected chi connectivity index (χ4v) is 3.36. The lowest BCUT2D eigenvalue weighted by Gasteiger charge is -2.05. The van der Waals surface area contributed by atoms with E-state index >= 15 is 0 Å². The van der Waals surface area contributed by atoms with Gasteiger partial charge in [0.2, 0.25) is 0 Å². The number of benzene rings is 2. The lowest BCUT2D eigenvalue weighted by molar-refractivity contribution is 0.665. The number of hydrogen-bond acceptors (Lipinski definition) is 4. The van der Waals surface area contributed by atoms with Crippen LogP contribution in [0, 0.1) is 0 Å². The first-order valence-corrected chi connectivity index (χ1v) is 8.94. The van der Waals surface area contributed by atoms with Crippen LogP contribution in [0.3, 0.4) is 0 Å². The van der Waals surface area contributed by atoms with E-state index in [-0.39, 0.29) is 0 Å². The lowest BCUT2D eigenvalue weighted by Crippen LogP contribution is -2.03. The first-order chi connectivity index (χ1) is 13.3. The Hall–Kier alpha value is -3.31. The third-order valence-electron chi connectivity index (χ3n) is 4.48. The normalized spacial score (nSPS) is 11.3. The van der Waals surface area contributed by atoms with Gasteiger partial charge >= 0.3 is 0 Å². The number of nitrogens with zero attached hydrogens (tertiary/aromatic N) is 5. The smallest absolute Gasteiger partial charge is 0.179 e. The van der Waals surface area contributed by atoms with Crippen LogP contribution in [0.2, 0.25) is 5.02 Å². The maximum absolute atomic E-state index is 6.12. The van der Waals surface area contributed by atoms with Crippen LogP contribution in [0.5, 0.6) is 0 Å². The van der Waals surface area contributed by atoms with Crippen LogP contribution in [0.1, 0.15) is 5.56 Å². The number of halogens is 1. The third-order valence-corrected chi connectivity index (χ3v) is 4.71. The Morgan fingerprint density at radius 1 is 0.889 bits per heavy atom. The molecule has 130 valence electrons. The van der Waals surface area contributed by atoms with Gasteiger partial charge in [-0.2, -0.15) is 0 Å². The van der Waals surface area contributed by atoms with Crippen molar-refractivity contribution in [3.63, 3.8) is 0 Å². The number of pyridine rings is 2. The first kappa shape index (κ1) is 15.9. The van der Waals surface area contributed by atoms with Crippen LogP contribution in [-0.4, -0.2) is 25.0 Å². The van der Waals surface area contributed by atoms with E-state index < -0.39 is 0 Å². The van der Waals surface area contributed by atoms with Crippen molar-refractivity contribution in [1.29, 1.82) is 0 Å². The average molecular weight is 372 g/mol. The van der Waals surface area contributed by atoms with Crippen LogP contribution in [0.15, 0.2) is 72.9 Å². The highest BCUT2D eigenvalue weighted by Crippen LogP contribution is 2.23. The Balaban J connectivity index is 1.55. The van der Waals surface area contributed by atoms with Gasteiger partial charge in [-0.25, -0.2) is 9.67 Å². The summed E-state index contributed by atoms with van der Waals surface area (Å²) < 4.78 is 1.82. The largest absolute Gasteiger partial charge is 0.256 e. The van der Waals surface area contributed by atoms with Crippen LogP contribution < -0.4 is 0 Å². The Morgan fingerprint density at radius 2 is 1.81 bits per heavy atom. The van der Waals surface area contributed by atoms with Crippen molar-refractivity contribution in [2.45, 2.75) is 6.54 Å². The van der Waals surface area contributed by atoms with Crippen molar-refractivity contribution in [2.75, 3.05) is 0 Å². The molecule has 0 spiro atoms. The fourth-order valence-electron chi connectivity index (χ4n) is 3.17. The standard InChI is InChI=1S/C21H14ClN5/c22-17-5-1-3-16(12-17)19-8-9-20-21(24-19)27(26-25-20)13-14-6-7-18-15(11-14)4-2-10-23-18/h1-12H,13H2. The van der Waals surface area contributed by atoms with E-state index in [4.69, 9.17) is 16.6 Å². The van der Waals surface area contributed by atoms with Gasteiger partial charge in [0, 0.05) is 22.2 Å². The summed E-state index contributed by atoms with van der Waals surface area (Å²) in [4.78, 5) is 9.14. The molecule has 5 rings (SSSR count). The molecule has 0 unspecified atom stereocenters. The van der Waals surface area contributed by atoms with Gasteiger partial charge in [-0.05, 0) is 48.0 Å². The van der Waals surface area contributed by atoms with Gasteiger partial charge in [0.15, 0.2) is 5.65 Å². The van der Waals surface area contributed by atoms with Crippen LogP contribution in [0.25, 0.3) is 33.3 Å². The van der Waals surface area contributed by atoms with E-state index in [9.17, 15) is 0 Å². The summed E-state index contributed by atoms with van der Waals surface area (Å²) in [5, 5.41) is 10.3. The summed E-state index contributed by atoms with van der Waals surface area (Å²) >= 11 is 6.12. The molecule has 6 heteroatoms. The highest BCUT2D eigenvalue weighted by molar-refractivity contribution is 6.30. The maximum Gasteiger partial charge on any atom is 0.179 e. The van der Waals surface area contributed by atoms with Gasteiger partial charge in [-0.3, -0.25) is 4.98 Å². The Bertz CT molecular complexity index is 1280. The van der Waals surface area contributed by atoms with Gasteiger partial charge in [-0.1, -0.05) is 41.1 Å². The molecule has 0 atom stereocenters. The van der Waals surface area contributed by atoms with Crippen molar-refractivity contribution in [2.24, 2.45) is 0 Å². The molecule has 3 heterocycles. The molecule has 0 amide bonds. The van der Waals surface area contributed by atoms with Crippen molar-refractivity contribution in [3.8, 4) is 11.3 Å². The molecule has 5 nitrogen and oxygen atoms in total. The van der Waals surface area contributed by atoms with E-state index in [0.29, 0.717) is 11.6 Å². The van der Waals surface area contributed by atoms with E-state index in [2.05, 4.69) is 33.5 Å². The third kappa shape index (κ3) is 3.02. The molecule has 0 fully saturated rings. The molecule has 27 heavy (non-hydrogen) atoms. The Kier molecular flexibility index (Phi) is 3.80. The molecule has 0 bridgehead atoms. The van der Waals surface area contributed by atoms with Gasteiger partial charge in [0.1, 0.15) is 5.52 Å². The minimum Gasteiger partial charge on any atom is -0.256 e. The molecular formula is C21H14ClN5. The zero-order valence-electron chi connectivity index (χ0n) is 14.2. The minimum atomic E-state index is 0.591. The average Bonchev–Trinajstić information content (AvgIpc) is 3.10. The van der Waals surface area contributed by atoms with Gasteiger partial charge < -0.3 is 0 Å². The molecule has 5 aromatic rings. The summed E-state index contributed by atoms with van der Waals surface area (Å²) in [6, 6.07) is 21.7. The molecule has 3 aromatic heterocycles. The molecule has 2 aromatic carbocycles. The second-order valence-corrected chi connectivity index (χ2v) is 6.76. The molecule has 0 aliphatic rings. The summed E-state index contributed by atoms with van der Waals surface area (Å²) in [7, 11) is 0. The van der Waals surface area contributed by atoms with E-state index in [1.165, 1.54) is 0 Å². The second-order valence-electron chi connectivity index (χ2n) is 6.33. The summed E-state index contributed by atoms with van der Waals surface area (Å²) in [5.74, 6) is 0. The number of rotatable bonds is 3. The summed E-state index contributed by atoms with van der Waals surface area (Å²) in [6.45, 7) is 0.591. The predicted molar refractivity (Wildman–Crippen MR) is 107 cm³/mol. The van der Waals surface area contributed by atoms with E-state index in [1.807, 2.05) is 53.2 Å². The maximum atomic E-state index is 6.12. The highest BCUT2D eigenvalue weighted by Gasteiger charge is 2.10. The van der Waals surface area contributed by atoms with E-state index in [1.54, 1.807) is 6.20 Å². The van der Waals surface area contributed by atoms with Gasteiger partial charge in [-0.15, -0.1) is 5.10 Å². The molecule has 0 saturated heterocycles. The molecule has 0 aliphatic carbocycles. The zero-order chi connectivity index (χ0) is 18.2. The zero-order valence-corrected chi connectivity index (χ0v) is 15.0. The fraction of sp³-hybridized carbons (Fsp3) is 0.0476. The Labute approximate surface area is 160 Å². The predicted octanol–water partition coefficient (Wildman–Crippen LogP) is 4.74. The molecular weight excluding hydrogens is 358 g/mol. The number of aromatic nitrogens is 5. The highest BCUT2D eigenvalue weighted by atomic mass is 35.5. The molecule has 0 saturated carbocycles. The van der Waals surface area contributed by atoms with Gasteiger partial charge in [0.05, 0.1) is 17.8 Å². The van der Waals surface area contributed by atoms with Crippen LogP contribution in [0.4, 0.5) is 0 Å².